The minimum Gasteiger partial charge on any atom is -0.141 e. The minimum absolute atomic E-state index is 0.856. The second kappa shape index (κ2) is 4.44. The van der Waals surface area contributed by atoms with E-state index in [0.717, 1.165) is 10.4 Å². The van der Waals surface area contributed by atoms with Crippen molar-refractivity contribution < 1.29 is 0 Å². The van der Waals surface area contributed by atoms with Gasteiger partial charge in [0.2, 0.25) is 0 Å². The monoisotopic (exact) mass is 306 g/mol. The lowest BCUT2D eigenvalue weighted by atomic mass is 10.1. The van der Waals surface area contributed by atoms with E-state index in [0.29, 0.717) is 0 Å². The van der Waals surface area contributed by atoms with Gasteiger partial charge in [-0.25, -0.2) is 0 Å². The number of thiophene rings is 1. The predicted octanol–water partition coefficient (Wildman–Crippen LogP) is 5.17. The standard InChI is InChI=1S/C10H8BrClS2/c1-13-8-5-14-10-7(12)3-2-6(4-11)9(8)10/h2-3,5H,4H2,1H3. The van der Waals surface area contributed by atoms with Gasteiger partial charge in [0, 0.05) is 21.0 Å². The van der Waals surface area contributed by atoms with Crippen molar-refractivity contribution in [2.45, 2.75) is 10.2 Å². The highest BCUT2D eigenvalue weighted by molar-refractivity contribution is 9.08. The van der Waals surface area contributed by atoms with Gasteiger partial charge in [0.15, 0.2) is 0 Å². The summed E-state index contributed by atoms with van der Waals surface area (Å²) < 4.78 is 1.20. The van der Waals surface area contributed by atoms with E-state index in [1.54, 1.807) is 23.1 Å². The lowest BCUT2D eigenvalue weighted by molar-refractivity contribution is 1.47. The van der Waals surface area contributed by atoms with Gasteiger partial charge in [-0.05, 0) is 17.9 Å². The fourth-order valence-electron chi connectivity index (χ4n) is 1.42. The molecule has 1 aromatic carbocycles. The summed E-state index contributed by atoms with van der Waals surface area (Å²) in [6, 6.07) is 4.06. The summed E-state index contributed by atoms with van der Waals surface area (Å²) in [6.45, 7) is 0. The average molecular weight is 308 g/mol. The van der Waals surface area contributed by atoms with Gasteiger partial charge in [-0.2, -0.15) is 0 Å². The van der Waals surface area contributed by atoms with Gasteiger partial charge in [-0.15, -0.1) is 23.1 Å². The second-order valence-corrected chi connectivity index (χ2v) is 5.54. The largest absolute Gasteiger partial charge is 0.141 e. The van der Waals surface area contributed by atoms with Gasteiger partial charge < -0.3 is 0 Å². The summed E-state index contributed by atoms with van der Waals surface area (Å²) in [4.78, 5) is 1.32. The molecule has 0 aliphatic heterocycles. The lowest BCUT2D eigenvalue weighted by Gasteiger charge is -2.02. The van der Waals surface area contributed by atoms with Crippen molar-refractivity contribution in [2.24, 2.45) is 0 Å². The molecule has 0 saturated heterocycles. The van der Waals surface area contributed by atoms with Gasteiger partial charge in [-0.1, -0.05) is 33.6 Å². The molecule has 0 spiro atoms. The van der Waals surface area contributed by atoms with E-state index in [4.69, 9.17) is 11.6 Å². The summed E-state index contributed by atoms with van der Waals surface area (Å²) in [5.41, 5.74) is 1.31. The first kappa shape index (κ1) is 10.8. The van der Waals surface area contributed by atoms with Gasteiger partial charge >= 0.3 is 0 Å². The van der Waals surface area contributed by atoms with E-state index < -0.39 is 0 Å². The number of fused-ring (bicyclic) bond motifs is 1. The fraction of sp³-hybridized carbons (Fsp3) is 0.200. The van der Waals surface area contributed by atoms with Crippen LogP contribution in [0.15, 0.2) is 22.4 Å². The molecule has 0 saturated carbocycles. The van der Waals surface area contributed by atoms with Crippen LogP contribution in [-0.2, 0) is 5.33 Å². The number of halogens is 2. The Morgan fingerprint density at radius 3 is 2.93 bits per heavy atom. The third-order valence-electron chi connectivity index (χ3n) is 2.09. The summed E-state index contributed by atoms with van der Waals surface area (Å²) >= 11 is 13.1. The highest BCUT2D eigenvalue weighted by atomic mass is 79.9. The summed E-state index contributed by atoms with van der Waals surface area (Å²) in [5, 5.41) is 5.22. The van der Waals surface area contributed by atoms with Gasteiger partial charge in [0.05, 0.1) is 9.72 Å². The molecule has 0 fully saturated rings. The molecule has 0 unspecified atom stereocenters. The third-order valence-corrected chi connectivity index (χ3v) is 5.05. The quantitative estimate of drug-likeness (QED) is 0.545. The van der Waals surface area contributed by atoms with E-state index >= 15 is 0 Å². The zero-order valence-corrected chi connectivity index (χ0v) is 11.5. The fourth-order valence-corrected chi connectivity index (χ4v) is 4.09. The molecule has 1 aromatic heterocycles. The van der Waals surface area contributed by atoms with Gasteiger partial charge in [0.1, 0.15) is 0 Å². The van der Waals surface area contributed by atoms with Gasteiger partial charge in [-0.3, -0.25) is 0 Å². The van der Waals surface area contributed by atoms with E-state index in [1.165, 1.54) is 20.5 Å². The number of benzene rings is 1. The van der Waals surface area contributed by atoms with Crippen LogP contribution in [0.4, 0.5) is 0 Å². The number of thioether (sulfide) groups is 1. The Morgan fingerprint density at radius 2 is 2.29 bits per heavy atom. The Hall–Kier alpha value is 0.300. The Bertz CT molecular complexity index is 464. The molecule has 0 nitrogen and oxygen atoms in total. The molecule has 14 heavy (non-hydrogen) atoms. The highest BCUT2D eigenvalue weighted by Crippen LogP contribution is 2.39. The zero-order chi connectivity index (χ0) is 10.1. The highest BCUT2D eigenvalue weighted by Gasteiger charge is 2.10. The molecule has 74 valence electrons. The summed E-state index contributed by atoms with van der Waals surface area (Å²) in [5.74, 6) is 0. The number of alkyl halides is 1. The first-order valence-electron chi connectivity index (χ1n) is 4.06. The van der Waals surface area contributed by atoms with Crippen LogP contribution in [0.2, 0.25) is 5.02 Å². The molecular weight excluding hydrogens is 300 g/mol. The second-order valence-electron chi connectivity index (χ2n) is 2.85. The molecule has 0 radical (unpaired) electrons. The van der Waals surface area contributed by atoms with Gasteiger partial charge in [0.25, 0.3) is 0 Å². The van der Waals surface area contributed by atoms with Crippen LogP contribution < -0.4 is 0 Å². The smallest absolute Gasteiger partial charge is 0.0584 e. The van der Waals surface area contributed by atoms with Crippen molar-refractivity contribution in [1.82, 2.24) is 0 Å². The van der Waals surface area contributed by atoms with Crippen molar-refractivity contribution in [2.75, 3.05) is 6.26 Å². The Morgan fingerprint density at radius 1 is 1.50 bits per heavy atom. The zero-order valence-electron chi connectivity index (χ0n) is 7.51. The van der Waals surface area contributed by atoms with Crippen LogP contribution in [0, 0.1) is 0 Å². The van der Waals surface area contributed by atoms with Crippen LogP contribution in [0.25, 0.3) is 10.1 Å². The normalized spacial score (nSPS) is 11.1. The molecule has 4 heteroatoms. The number of hydrogen-bond acceptors (Lipinski definition) is 2. The molecule has 2 rings (SSSR count). The van der Waals surface area contributed by atoms with Crippen LogP contribution in [0.5, 0.6) is 0 Å². The van der Waals surface area contributed by atoms with Crippen LogP contribution in [-0.4, -0.2) is 6.26 Å². The summed E-state index contributed by atoms with van der Waals surface area (Å²) in [6.07, 6.45) is 2.10. The topological polar surface area (TPSA) is 0 Å². The first-order chi connectivity index (χ1) is 6.77. The van der Waals surface area contributed by atoms with Crippen molar-refractivity contribution in [3.8, 4) is 0 Å². The van der Waals surface area contributed by atoms with Crippen LogP contribution in [0.3, 0.4) is 0 Å². The predicted molar refractivity (Wildman–Crippen MR) is 71.2 cm³/mol. The molecule has 0 bridgehead atoms. The molecule has 0 aliphatic carbocycles. The minimum atomic E-state index is 0.856. The maximum atomic E-state index is 6.14. The summed E-state index contributed by atoms with van der Waals surface area (Å²) in [7, 11) is 0. The Labute approximate surface area is 105 Å². The Kier molecular flexibility index (Phi) is 3.42. The number of hydrogen-bond donors (Lipinski definition) is 0. The van der Waals surface area contributed by atoms with E-state index in [9.17, 15) is 0 Å². The van der Waals surface area contributed by atoms with E-state index in [1.807, 2.05) is 6.07 Å². The third kappa shape index (κ3) is 1.71. The molecule has 1 heterocycles. The van der Waals surface area contributed by atoms with Crippen molar-refractivity contribution in [3.05, 3.63) is 28.1 Å². The maximum Gasteiger partial charge on any atom is 0.0584 e. The van der Waals surface area contributed by atoms with E-state index in [-0.39, 0.29) is 0 Å². The number of rotatable bonds is 2. The maximum absolute atomic E-state index is 6.14. The van der Waals surface area contributed by atoms with Crippen LogP contribution in [0.1, 0.15) is 5.56 Å². The first-order valence-corrected chi connectivity index (χ1v) is 7.67. The Balaban J connectivity index is 2.82. The molecule has 0 N–H and O–H groups in total. The molecular formula is C10H8BrClS2. The average Bonchev–Trinajstić information content (AvgIpc) is 2.63. The van der Waals surface area contributed by atoms with Crippen molar-refractivity contribution in [1.29, 1.82) is 0 Å². The van der Waals surface area contributed by atoms with Crippen molar-refractivity contribution >= 4 is 60.7 Å². The molecule has 0 atom stereocenters. The molecule has 2 aromatic rings. The van der Waals surface area contributed by atoms with Crippen molar-refractivity contribution in [3.63, 3.8) is 0 Å². The lowest BCUT2D eigenvalue weighted by Crippen LogP contribution is -1.80. The van der Waals surface area contributed by atoms with Crippen LogP contribution >= 0.6 is 50.6 Å². The molecule has 0 aliphatic rings. The molecule has 0 amide bonds. The van der Waals surface area contributed by atoms with E-state index in [2.05, 4.69) is 33.6 Å². The SMILES string of the molecule is CSc1csc2c(Cl)ccc(CBr)c12.